The fraction of sp³-hybridized carbons (Fsp3) is 0.588. The van der Waals surface area contributed by atoms with E-state index in [2.05, 4.69) is 53.0 Å². The maximum absolute atomic E-state index is 12.8. The smallest absolute Gasteiger partial charge is 0.318 e. The van der Waals surface area contributed by atoms with E-state index < -0.39 is 25.5 Å². The molecule has 0 aliphatic carbocycles. The number of pyridine rings is 1. The van der Waals surface area contributed by atoms with Crippen molar-refractivity contribution in [2.24, 2.45) is 0 Å². The third kappa shape index (κ3) is 4.29. The minimum Gasteiger partial charge on any atom is -0.318 e. The summed E-state index contributed by atoms with van der Waals surface area (Å²) >= 11 is 0. The standard InChI is InChI=1S/C17H24F3NOSi/c1-11(2)23(12(3)4,13(5)6)8-7-14-9-15(17(18,19)20)21-16(22)10-14/h9-13H,1-6H3,(H,21,22). The number of aromatic amines is 1. The summed E-state index contributed by atoms with van der Waals surface area (Å²) < 4.78 is 38.4. The minimum absolute atomic E-state index is 0.125. The molecular formula is C17H24F3NOSi. The summed E-state index contributed by atoms with van der Waals surface area (Å²) in [4.78, 5) is 13.3. The van der Waals surface area contributed by atoms with Gasteiger partial charge in [-0.05, 0) is 22.7 Å². The number of halogens is 3. The molecule has 0 atom stereocenters. The summed E-state index contributed by atoms with van der Waals surface area (Å²) in [6.07, 6.45) is -4.58. The quantitative estimate of drug-likeness (QED) is 0.610. The fourth-order valence-corrected chi connectivity index (χ4v) is 8.61. The predicted octanol–water partition coefficient (Wildman–Crippen LogP) is 4.96. The molecule has 1 heterocycles. The largest absolute Gasteiger partial charge is 0.431 e. The van der Waals surface area contributed by atoms with Gasteiger partial charge in [-0.15, -0.1) is 5.54 Å². The second-order valence-corrected chi connectivity index (χ2v) is 12.4. The van der Waals surface area contributed by atoms with E-state index in [1.807, 2.05) is 4.98 Å². The Morgan fingerprint density at radius 3 is 1.87 bits per heavy atom. The van der Waals surface area contributed by atoms with Gasteiger partial charge < -0.3 is 4.98 Å². The van der Waals surface area contributed by atoms with Crippen LogP contribution in [0.3, 0.4) is 0 Å². The van der Waals surface area contributed by atoms with Crippen LogP contribution in [0.15, 0.2) is 16.9 Å². The van der Waals surface area contributed by atoms with E-state index in [1.54, 1.807) is 0 Å². The molecule has 0 bridgehead atoms. The molecule has 0 unspecified atom stereocenters. The van der Waals surface area contributed by atoms with Gasteiger partial charge in [-0.25, -0.2) is 0 Å². The number of aromatic nitrogens is 1. The molecule has 0 aliphatic rings. The van der Waals surface area contributed by atoms with Crippen LogP contribution in [0.2, 0.25) is 16.6 Å². The van der Waals surface area contributed by atoms with Gasteiger partial charge in [0.2, 0.25) is 5.56 Å². The molecule has 2 nitrogen and oxygen atoms in total. The Morgan fingerprint density at radius 2 is 1.48 bits per heavy atom. The summed E-state index contributed by atoms with van der Waals surface area (Å²) in [6, 6.07) is 2.04. The molecule has 0 spiro atoms. The normalized spacial score (nSPS) is 12.7. The topological polar surface area (TPSA) is 32.9 Å². The summed E-state index contributed by atoms with van der Waals surface area (Å²) in [5.74, 6) is 2.87. The molecule has 1 aromatic heterocycles. The van der Waals surface area contributed by atoms with Crippen molar-refractivity contribution in [1.29, 1.82) is 0 Å². The van der Waals surface area contributed by atoms with Crippen LogP contribution in [0.1, 0.15) is 52.8 Å². The molecule has 0 radical (unpaired) electrons. The van der Waals surface area contributed by atoms with Gasteiger partial charge in [0.1, 0.15) is 13.8 Å². The molecule has 23 heavy (non-hydrogen) atoms. The molecule has 0 saturated heterocycles. The van der Waals surface area contributed by atoms with Gasteiger partial charge in [0.05, 0.1) is 0 Å². The molecule has 1 rings (SSSR count). The molecule has 1 aromatic rings. The Bertz CT molecular complexity index is 641. The van der Waals surface area contributed by atoms with Crippen LogP contribution < -0.4 is 5.56 Å². The SMILES string of the molecule is CC(C)[Si](C#Cc1cc(C(F)(F)F)[nH]c(=O)c1)(C(C)C)C(C)C. The molecule has 0 saturated carbocycles. The van der Waals surface area contributed by atoms with Crippen molar-refractivity contribution in [2.75, 3.05) is 0 Å². The van der Waals surface area contributed by atoms with E-state index in [1.165, 1.54) is 0 Å². The lowest BCUT2D eigenvalue weighted by atomic mass is 10.2. The second kappa shape index (κ2) is 6.96. The van der Waals surface area contributed by atoms with E-state index in [0.717, 1.165) is 12.1 Å². The van der Waals surface area contributed by atoms with Crippen molar-refractivity contribution in [3.8, 4) is 11.5 Å². The molecule has 6 heteroatoms. The number of alkyl halides is 3. The van der Waals surface area contributed by atoms with Crippen molar-refractivity contribution in [2.45, 2.75) is 64.3 Å². The van der Waals surface area contributed by atoms with Crippen LogP contribution in [-0.2, 0) is 6.18 Å². The maximum Gasteiger partial charge on any atom is 0.431 e. The van der Waals surface area contributed by atoms with E-state index in [9.17, 15) is 18.0 Å². The second-order valence-electron chi connectivity index (χ2n) is 6.79. The Morgan fingerprint density at radius 1 is 1.00 bits per heavy atom. The molecule has 0 aromatic carbocycles. The van der Waals surface area contributed by atoms with E-state index in [-0.39, 0.29) is 5.56 Å². The Labute approximate surface area is 136 Å². The highest BCUT2D eigenvalue weighted by Gasteiger charge is 2.41. The highest BCUT2D eigenvalue weighted by molar-refractivity contribution is 6.90. The van der Waals surface area contributed by atoms with Crippen LogP contribution in [0.4, 0.5) is 13.2 Å². The molecule has 0 amide bonds. The maximum atomic E-state index is 12.8. The van der Waals surface area contributed by atoms with Crippen LogP contribution in [0.25, 0.3) is 0 Å². The van der Waals surface area contributed by atoms with Gasteiger partial charge in [0.15, 0.2) is 0 Å². The van der Waals surface area contributed by atoms with Gasteiger partial charge >= 0.3 is 6.18 Å². The number of rotatable bonds is 3. The van der Waals surface area contributed by atoms with Gasteiger partial charge in [0.25, 0.3) is 0 Å². The third-order valence-electron chi connectivity index (χ3n) is 4.44. The van der Waals surface area contributed by atoms with Crippen molar-refractivity contribution in [3.63, 3.8) is 0 Å². The highest BCUT2D eigenvalue weighted by Crippen LogP contribution is 2.40. The average molecular weight is 343 g/mol. The first kappa shape index (κ1) is 19.6. The van der Waals surface area contributed by atoms with Crippen LogP contribution in [-0.4, -0.2) is 13.1 Å². The summed E-state index contributed by atoms with van der Waals surface area (Å²) in [7, 11) is -2.05. The molecule has 1 N–H and O–H groups in total. The van der Waals surface area contributed by atoms with Crippen LogP contribution in [0, 0.1) is 11.5 Å². The van der Waals surface area contributed by atoms with Gasteiger partial charge in [-0.2, -0.15) is 13.2 Å². The number of H-pyrrole nitrogens is 1. The molecule has 0 fully saturated rings. The number of hydrogen-bond donors (Lipinski definition) is 1. The highest BCUT2D eigenvalue weighted by atomic mass is 28.3. The zero-order chi connectivity index (χ0) is 18.0. The molecule has 0 aliphatic heterocycles. The zero-order valence-electron chi connectivity index (χ0n) is 14.4. The number of hydrogen-bond acceptors (Lipinski definition) is 1. The Hall–Kier alpha value is -1.48. The average Bonchev–Trinajstić information content (AvgIpc) is 2.36. The zero-order valence-corrected chi connectivity index (χ0v) is 15.4. The first-order valence-electron chi connectivity index (χ1n) is 7.76. The van der Waals surface area contributed by atoms with Gasteiger partial charge in [-0.3, -0.25) is 4.79 Å². The monoisotopic (exact) mass is 343 g/mol. The first-order chi connectivity index (χ1) is 10.4. The summed E-state index contributed by atoms with van der Waals surface area (Å²) in [5, 5.41) is 0. The number of nitrogens with one attached hydrogen (secondary N) is 1. The van der Waals surface area contributed by atoms with Crippen molar-refractivity contribution < 1.29 is 13.2 Å². The van der Waals surface area contributed by atoms with Crippen molar-refractivity contribution in [1.82, 2.24) is 4.98 Å². The lowest BCUT2D eigenvalue weighted by Crippen LogP contribution is -2.43. The van der Waals surface area contributed by atoms with Crippen molar-refractivity contribution >= 4 is 8.07 Å². The van der Waals surface area contributed by atoms with E-state index >= 15 is 0 Å². The van der Waals surface area contributed by atoms with E-state index in [4.69, 9.17) is 0 Å². The fourth-order valence-electron chi connectivity index (χ4n) is 3.38. The molecule has 128 valence electrons. The summed E-state index contributed by atoms with van der Waals surface area (Å²) in [5.41, 5.74) is 2.73. The first-order valence-corrected chi connectivity index (χ1v) is 9.99. The summed E-state index contributed by atoms with van der Waals surface area (Å²) in [6.45, 7) is 12.7. The van der Waals surface area contributed by atoms with E-state index in [0.29, 0.717) is 16.6 Å². The minimum atomic E-state index is -4.58. The molecular weight excluding hydrogens is 319 g/mol. The van der Waals surface area contributed by atoms with Gasteiger partial charge in [0, 0.05) is 11.6 Å². The Balaban J connectivity index is 3.44. The van der Waals surface area contributed by atoms with Crippen LogP contribution in [0.5, 0.6) is 0 Å². The Kier molecular flexibility index (Phi) is 5.92. The van der Waals surface area contributed by atoms with Gasteiger partial charge in [-0.1, -0.05) is 47.5 Å². The predicted molar refractivity (Wildman–Crippen MR) is 90.0 cm³/mol. The van der Waals surface area contributed by atoms with Crippen molar-refractivity contribution in [3.05, 3.63) is 33.7 Å². The van der Waals surface area contributed by atoms with Crippen LogP contribution >= 0.6 is 0 Å². The lowest BCUT2D eigenvalue weighted by Gasteiger charge is -2.38. The third-order valence-corrected chi connectivity index (χ3v) is 10.7. The lowest BCUT2D eigenvalue weighted by molar-refractivity contribution is -0.141.